The van der Waals surface area contributed by atoms with Crippen molar-refractivity contribution in [2.45, 2.75) is 39.0 Å². The van der Waals surface area contributed by atoms with Gasteiger partial charge in [0, 0.05) is 0 Å². The molecule has 0 amide bonds. The van der Waals surface area contributed by atoms with Crippen LogP contribution in [0.4, 0.5) is 0 Å². The van der Waals surface area contributed by atoms with Crippen molar-refractivity contribution in [2.75, 3.05) is 0 Å². The first-order chi connectivity index (χ1) is 6.65. The molecular weight excluding hydrogens is 240 g/mol. The number of unbranched alkanes of at least 4 members (excludes halogenated alkanes) is 1. The highest BCUT2D eigenvalue weighted by molar-refractivity contribution is 9.10. The first-order valence-electron chi connectivity index (χ1n) is 5.13. The summed E-state index contributed by atoms with van der Waals surface area (Å²) in [5.41, 5.74) is 1.22. The van der Waals surface area contributed by atoms with Gasteiger partial charge >= 0.3 is 0 Å². The fraction of sp³-hybridized carbons (Fsp3) is 0.500. The van der Waals surface area contributed by atoms with Gasteiger partial charge in [-0.2, -0.15) is 0 Å². The minimum Gasteiger partial charge on any atom is -0.507 e. The number of phenolic OH excluding ortho intramolecular Hbond substituents is 1. The van der Waals surface area contributed by atoms with Crippen molar-refractivity contribution in [2.24, 2.45) is 0 Å². The van der Waals surface area contributed by atoms with E-state index in [1.165, 1.54) is 24.8 Å². The maximum Gasteiger partial charge on any atom is 0.130 e. The van der Waals surface area contributed by atoms with Crippen molar-refractivity contribution >= 4 is 15.9 Å². The predicted molar refractivity (Wildman–Crippen MR) is 63.7 cm³/mol. The van der Waals surface area contributed by atoms with Crippen LogP contribution in [0.15, 0.2) is 22.7 Å². The Labute approximate surface area is 94.3 Å². The van der Waals surface area contributed by atoms with Crippen LogP contribution in [-0.4, -0.2) is 5.11 Å². The highest BCUT2D eigenvalue weighted by Crippen LogP contribution is 2.29. The maximum atomic E-state index is 9.53. The van der Waals surface area contributed by atoms with Crippen molar-refractivity contribution in [3.63, 3.8) is 0 Å². The second kappa shape index (κ2) is 5.40. The van der Waals surface area contributed by atoms with E-state index in [9.17, 15) is 5.11 Å². The lowest BCUT2D eigenvalue weighted by atomic mass is 9.95. The van der Waals surface area contributed by atoms with Crippen molar-refractivity contribution < 1.29 is 5.11 Å². The molecule has 1 aromatic carbocycles. The molecule has 0 saturated heterocycles. The largest absolute Gasteiger partial charge is 0.507 e. The minimum atomic E-state index is 0.339. The summed E-state index contributed by atoms with van der Waals surface area (Å²) in [6.07, 6.45) is 3.67. The number of rotatable bonds is 4. The van der Waals surface area contributed by atoms with Gasteiger partial charge < -0.3 is 5.11 Å². The van der Waals surface area contributed by atoms with Crippen molar-refractivity contribution in [3.05, 3.63) is 28.2 Å². The van der Waals surface area contributed by atoms with Crippen molar-refractivity contribution in [1.82, 2.24) is 0 Å². The van der Waals surface area contributed by atoms with Crippen LogP contribution in [0.1, 0.15) is 44.6 Å². The molecule has 0 bridgehead atoms. The normalized spacial score (nSPS) is 12.8. The Morgan fingerprint density at radius 1 is 1.43 bits per heavy atom. The summed E-state index contributed by atoms with van der Waals surface area (Å²) in [6, 6.07) is 5.83. The van der Waals surface area contributed by atoms with Crippen molar-refractivity contribution in [1.29, 1.82) is 0 Å². The number of halogens is 1. The summed E-state index contributed by atoms with van der Waals surface area (Å²) in [5.74, 6) is 0.875. The maximum absolute atomic E-state index is 9.53. The fourth-order valence-corrected chi connectivity index (χ4v) is 1.76. The lowest BCUT2D eigenvalue weighted by Crippen LogP contribution is -1.93. The predicted octanol–water partition coefficient (Wildman–Crippen LogP) is 4.45. The van der Waals surface area contributed by atoms with Gasteiger partial charge in [0.15, 0.2) is 0 Å². The lowest BCUT2D eigenvalue weighted by Gasteiger charge is -2.11. The van der Waals surface area contributed by atoms with Gasteiger partial charge in [-0.15, -0.1) is 0 Å². The van der Waals surface area contributed by atoms with E-state index in [1.54, 1.807) is 0 Å². The van der Waals surface area contributed by atoms with Crippen LogP contribution in [0.25, 0.3) is 0 Å². The Kier molecular flexibility index (Phi) is 4.46. The van der Waals surface area contributed by atoms with Gasteiger partial charge in [0.25, 0.3) is 0 Å². The summed E-state index contributed by atoms with van der Waals surface area (Å²) in [4.78, 5) is 0. The van der Waals surface area contributed by atoms with E-state index in [1.807, 2.05) is 12.1 Å². The van der Waals surface area contributed by atoms with Gasteiger partial charge in [-0.3, -0.25) is 0 Å². The summed E-state index contributed by atoms with van der Waals surface area (Å²) in [6.45, 7) is 4.41. The molecule has 14 heavy (non-hydrogen) atoms. The average molecular weight is 257 g/mol. The van der Waals surface area contributed by atoms with Crippen LogP contribution < -0.4 is 0 Å². The average Bonchev–Trinajstić information content (AvgIpc) is 2.18. The molecular formula is C12H17BrO. The Bertz CT molecular complexity index is 296. The van der Waals surface area contributed by atoms with E-state index in [4.69, 9.17) is 0 Å². The molecule has 0 aliphatic rings. The second-order valence-electron chi connectivity index (χ2n) is 3.75. The quantitative estimate of drug-likeness (QED) is 0.844. The van der Waals surface area contributed by atoms with Gasteiger partial charge in [-0.25, -0.2) is 0 Å². The Hall–Kier alpha value is -0.500. The molecule has 0 heterocycles. The molecule has 0 radical (unpaired) electrons. The summed E-state index contributed by atoms with van der Waals surface area (Å²) >= 11 is 3.28. The molecule has 1 aromatic rings. The standard InChI is InChI=1S/C12H17BrO/c1-3-4-5-9(2)10-6-7-11(13)12(14)8-10/h6-9,14H,3-5H2,1-2H3. The Morgan fingerprint density at radius 3 is 2.71 bits per heavy atom. The third kappa shape index (κ3) is 3.02. The monoisotopic (exact) mass is 256 g/mol. The van der Waals surface area contributed by atoms with E-state index < -0.39 is 0 Å². The van der Waals surface area contributed by atoms with Gasteiger partial charge in [-0.1, -0.05) is 32.8 Å². The highest BCUT2D eigenvalue weighted by atomic mass is 79.9. The molecule has 1 atom stereocenters. The molecule has 1 nitrogen and oxygen atoms in total. The van der Waals surface area contributed by atoms with E-state index in [0.717, 1.165) is 4.47 Å². The molecule has 0 spiro atoms. The minimum absolute atomic E-state index is 0.339. The number of hydrogen-bond acceptors (Lipinski definition) is 1. The van der Waals surface area contributed by atoms with Crippen molar-refractivity contribution in [3.8, 4) is 5.75 Å². The smallest absolute Gasteiger partial charge is 0.130 e. The molecule has 0 aliphatic heterocycles. The van der Waals surface area contributed by atoms with Crippen LogP contribution in [0.5, 0.6) is 5.75 Å². The fourth-order valence-electron chi connectivity index (χ4n) is 1.51. The van der Waals surface area contributed by atoms with Crippen LogP contribution in [-0.2, 0) is 0 Å². The van der Waals surface area contributed by atoms with E-state index >= 15 is 0 Å². The zero-order valence-corrected chi connectivity index (χ0v) is 10.3. The molecule has 0 aromatic heterocycles. The van der Waals surface area contributed by atoms with E-state index in [0.29, 0.717) is 11.7 Å². The molecule has 78 valence electrons. The third-order valence-electron chi connectivity index (χ3n) is 2.53. The molecule has 1 unspecified atom stereocenters. The second-order valence-corrected chi connectivity index (χ2v) is 4.61. The van der Waals surface area contributed by atoms with E-state index in [2.05, 4.69) is 35.8 Å². The molecule has 0 fully saturated rings. The zero-order chi connectivity index (χ0) is 10.6. The third-order valence-corrected chi connectivity index (χ3v) is 3.20. The summed E-state index contributed by atoms with van der Waals surface area (Å²) in [7, 11) is 0. The molecule has 2 heteroatoms. The van der Waals surface area contributed by atoms with Gasteiger partial charge in [0.1, 0.15) is 5.75 Å². The first-order valence-corrected chi connectivity index (χ1v) is 5.93. The molecule has 1 rings (SSSR count). The zero-order valence-electron chi connectivity index (χ0n) is 8.76. The SMILES string of the molecule is CCCCC(C)c1ccc(Br)c(O)c1. The van der Waals surface area contributed by atoms with Crippen LogP contribution in [0.2, 0.25) is 0 Å². The molecule has 0 aliphatic carbocycles. The number of phenols is 1. The van der Waals surface area contributed by atoms with Crippen LogP contribution in [0.3, 0.4) is 0 Å². The number of hydrogen-bond donors (Lipinski definition) is 1. The van der Waals surface area contributed by atoms with E-state index in [-0.39, 0.29) is 0 Å². The van der Waals surface area contributed by atoms with Crippen LogP contribution >= 0.6 is 15.9 Å². The highest BCUT2D eigenvalue weighted by Gasteiger charge is 2.06. The first kappa shape index (κ1) is 11.6. The molecule has 0 saturated carbocycles. The van der Waals surface area contributed by atoms with Gasteiger partial charge in [-0.05, 0) is 46.0 Å². The molecule has 1 N–H and O–H groups in total. The number of benzene rings is 1. The van der Waals surface area contributed by atoms with Gasteiger partial charge in [0.2, 0.25) is 0 Å². The Morgan fingerprint density at radius 2 is 2.14 bits per heavy atom. The summed E-state index contributed by atoms with van der Waals surface area (Å²) < 4.78 is 0.768. The van der Waals surface area contributed by atoms with Gasteiger partial charge in [0.05, 0.1) is 4.47 Å². The Balaban J connectivity index is 2.70. The number of aromatic hydroxyl groups is 1. The summed E-state index contributed by atoms with van der Waals surface area (Å²) in [5, 5.41) is 9.53. The van der Waals surface area contributed by atoms with Crippen LogP contribution in [0, 0.1) is 0 Å². The topological polar surface area (TPSA) is 20.2 Å². The lowest BCUT2D eigenvalue weighted by molar-refractivity contribution is 0.470.